The van der Waals surface area contributed by atoms with Gasteiger partial charge in [-0.25, -0.2) is 12.8 Å². The van der Waals surface area contributed by atoms with Crippen molar-refractivity contribution >= 4 is 20.9 Å². The van der Waals surface area contributed by atoms with Gasteiger partial charge in [0.05, 0.1) is 10.4 Å². The highest BCUT2D eigenvalue weighted by Gasteiger charge is 2.43. The van der Waals surface area contributed by atoms with E-state index in [0.717, 1.165) is 11.6 Å². The van der Waals surface area contributed by atoms with E-state index < -0.39 is 34.6 Å². The van der Waals surface area contributed by atoms with Crippen LogP contribution in [0.3, 0.4) is 0 Å². The summed E-state index contributed by atoms with van der Waals surface area (Å²) < 4.78 is 83.2. The molecule has 1 aromatic heterocycles. The van der Waals surface area contributed by atoms with Gasteiger partial charge in [0.1, 0.15) is 11.9 Å². The lowest BCUT2D eigenvalue weighted by molar-refractivity contribution is -0.154. The van der Waals surface area contributed by atoms with Gasteiger partial charge in [0.25, 0.3) is 0 Å². The second-order valence-electron chi connectivity index (χ2n) is 7.11. The Labute approximate surface area is 166 Å². The second-order valence-corrected chi connectivity index (χ2v) is 8.77. The summed E-state index contributed by atoms with van der Waals surface area (Å²) in [4.78, 5) is -0.166. The third kappa shape index (κ3) is 4.45. The van der Waals surface area contributed by atoms with Crippen LogP contribution in [0.2, 0.25) is 0 Å². The third-order valence-electron chi connectivity index (χ3n) is 4.68. The van der Waals surface area contributed by atoms with Crippen molar-refractivity contribution in [3.05, 3.63) is 65.1 Å². The van der Waals surface area contributed by atoms with Gasteiger partial charge in [-0.3, -0.25) is 0 Å². The lowest BCUT2D eigenvalue weighted by Crippen LogP contribution is -2.48. The highest BCUT2D eigenvalue weighted by Crippen LogP contribution is 2.28. The molecular weight excluding hydrogens is 408 g/mol. The van der Waals surface area contributed by atoms with Gasteiger partial charge in [0, 0.05) is 12.7 Å². The molecule has 0 aliphatic heterocycles. The van der Waals surface area contributed by atoms with Gasteiger partial charge in [0.2, 0.25) is 10.0 Å². The van der Waals surface area contributed by atoms with Crippen LogP contribution in [0.4, 0.5) is 17.6 Å². The minimum absolute atomic E-state index is 0.166. The standard InChI is InChI=1S/C20H20F4N2O2S/c1-12-8-13(2)19(14(3)9-12)29(27,28)25-18(20(22,23)24)11-26-7-6-15-4-5-16(21)10-17(15)26/h4-10,18,25H,11H2,1-3H3. The predicted molar refractivity (Wildman–Crippen MR) is 103 cm³/mol. The summed E-state index contributed by atoms with van der Waals surface area (Å²) in [6.45, 7) is 4.14. The zero-order valence-electron chi connectivity index (χ0n) is 16.0. The van der Waals surface area contributed by atoms with Crippen LogP contribution in [0.25, 0.3) is 10.9 Å². The number of nitrogens with zero attached hydrogens (tertiary/aromatic N) is 1. The quantitative estimate of drug-likeness (QED) is 0.603. The van der Waals surface area contributed by atoms with Crippen molar-refractivity contribution in [3.8, 4) is 0 Å². The molecule has 0 fully saturated rings. The van der Waals surface area contributed by atoms with E-state index >= 15 is 0 Å². The van der Waals surface area contributed by atoms with Crippen molar-refractivity contribution in [1.29, 1.82) is 0 Å². The number of nitrogens with one attached hydrogen (secondary N) is 1. The van der Waals surface area contributed by atoms with Crippen molar-refractivity contribution in [2.75, 3.05) is 0 Å². The van der Waals surface area contributed by atoms with Crippen LogP contribution in [0.5, 0.6) is 0 Å². The molecule has 0 bridgehead atoms. The lowest BCUT2D eigenvalue weighted by Gasteiger charge is -2.24. The molecule has 4 nitrogen and oxygen atoms in total. The van der Waals surface area contributed by atoms with Crippen LogP contribution in [0.1, 0.15) is 16.7 Å². The van der Waals surface area contributed by atoms with Gasteiger partial charge in [-0.05, 0) is 61.5 Å². The zero-order chi connectivity index (χ0) is 21.6. The van der Waals surface area contributed by atoms with Crippen molar-refractivity contribution in [2.45, 2.75) is 44.4 Å². The number of rotatable bonds is 5. The van der Waals surface area contributed by atoms with Crippen LogP contribution >= 0.6 is 0 Å². The molecular formula is C20H20F4N2O2S. The molecule has 3 aromatic rings. The van der Waals surface area contributed by atoms with E-state index in [-0.39, 0.29) is 10.4 Å². The first-order valence-corrected chi connectivity index (χ1v) is 10.3. The number of sulfonamides is 1. The Hall–Kier alpha value is -2.39. The summed E-state index contributed by atoms with van der Waals surface area (Å²) in [5, 5.41) is 0.556. The average molecular weight is 428 g/mol. The molecule has 1 unspecified atom stereocenters. The molecule has 0 aliphatic rings. The van der Waals surface area contributed by atoms with E-state index in [1.54, 1.807) is 43.7 Å². The fraction of sp³-hybridized carbons (Fsp3) is 0.300. The largest absolute Gasteiger partial charge is 0.406 e. The molecule has 3 rings (SSSR count). The lowest BCUT2D eigenvalue weighted by atomic mass is 10.1. The number of halogens is 4. The summed E-state index contributed by atoms with van der Waals surface area (Å²) >= 11 is 0. The smallest absolute Gasteiger partial charge is 0.345 e. The number of aromatic nitrogens is 1. The molecule has 2 aromatic carbocycles. The van der Waals surface area contributed by atoms with Crippen molar-refractivity contribution < 1.29 is 26.0 Å². The Morgan fingerprint density at radius 3 is 2.24 bits per heavy atom. The second kappa shape index (κ2) is 7.46. The maximum Gasteiger partial charge on any atom is 0.406 e. The monoisotopic (exact) mass is 428 g/mol. The van der Waals surface area contributed by atoms with E-state index in [2.05, 4.69) is 0 Å². The Balaban J connectivity index is 1.99. The normalized spacial score (nSPS) is 13.8. The first kappa shape index (κ1) is 21.3. The van der Waals surface area contributed by atoms with Crippen LogP contribution in [0, 0.1) is 26.6 Å². The van der Waals surface area contributed by atoms with Gasteiger partial charge in [0.15, 0.2) is 0 Å². The van der Waals surface area contributed by atoms with E-state index in [1.165, 1.54) is 22.9 Å². The summed E-state index contributed by atoms with van der Waals surface area (Å²) in [7, 11) is -4.44. The molecule has 0 spiro atoms. The topological polar surface area (TPSA) is 51.1 Å². The van der Waals surface area contributed by atoms with E-state index in [1.807, 2.05) is 0 Å². The van der Waals surface area contributed by atoms with Crippen LogP contribution in [0.15, 0.2) is 47.5 Å². The van der Waals surface area contributed by atoms with Gasteiger partial charge in [-0.2, -0.15) is 17.9 Å². The number of fused-ring (bicyclic) bond motifs is 1. The molecule has 9 heteroatoms. The molecule has 29 heavy (non-hydrogen) atoms. The van der Waals surface area contributed by atoms with Crippen molar-refractivity contribution in [3.63, 3.8) is 0 Å². The number of hydrogen-bond donors (Lipinski definition) is 1. The molecule has 0 amide bonds. The SMILES string of the molecule is Cc1cc(C)c(S(=O)(=O)NC(Cn2ccc3ccc(F)cc32)C(F)(F)F)c(C)c1. The Morgan fingerprint density at radius 2 is 1.66 bits per heavy atom. The fourth-order valence-electron chi connectivity index (χ4n) is 3.56. The number of aryl methyl sites for hydroxylation is 3. The average Bonchev–Trinajstić information content (AvgIpc) is 2.94. The molecule has 156 valence electrons. The predicted octanol–water partition coefficient (Wildman–Crippen LogP) is 4.62. The molecule has 0 saturated heterocycles. The minimum Gasteiger partial charge on any atom is -0.345 e. The summed E-state index contributed by atoms with van der Waals surface area (Å²) in [6, 6.07) is 6.15. The third-order valence-corrected chi connectivity index (χ3v) is 6.46. The number of alkyl halides is 3. The number of benzene rings is 2. The van der Waals surface area contributed by atoms with Crippen LogP contribution in [-0.2, 0) is 16.6 Å². The molecule has 1 N–H and O–H groups in total. The minimum atomic E-state index is -4.84. The van der Waals surface area contributed by atoms with Crippen molar-refractivity contribution in [2.24, 2.45) is 0 Å². The Kier molecular flexibility index (Phi) is 5.48. The first-order chi connectivity index (χ1) is 13.4. The molecule has 1 heterocycles. The van der Waals surface area contributed by atoms with Crippen LogP contribution in [-0.4, -0.2) is 25.2 Å². The Bertz CT molecular complexity index is 1140. The fourth-order valence-corrected chi connectivity index (χ4v) is 5.22. The van der Waals surface area contributed by atoms with E-state index in [4.69, 9.17) is 0 Å². The van der Waals surface area contributed by atoms with E-state index in [0.29, 0.717) is 16.5 Å². The van der Waals surface area contributed by atoms with Gasteiger partial charge in [-0.1, -0.05) is 17.7 Å². The maximum atomic E-state index is 13.7. The Morgan fingerprint density at radius 1 is 1.03 bits per heavy atom. The molecule has 0 aliphatic carbocycles. The summed E-state index contributed by atoms with van der Waals surface area (Å²) in [5.41, 5.74) is 1.79. The molecule has 1 atom stereocenters. The van der Waals surface area contributed by atoms with Crippen molar-refractivity contribution in [1.82, 2.24) is 9.29 Å². The highest BCUT2D eigenvalue weighted by atomic mass is 32.2. The number of hydrogen-bond acceptors (Lipinski definition) is 2. The summed E-state index contributed by atoms with van der Waals surface area (Å²) in [5.74, 6) is -0.590. The van der Waals surface area contributed by atoms with E-state index in [9.17, 15) is 26.0 Å². The van der Waals surface area contributed by atoms with Gasteiger partial charge >= 0.3 is 6.18 Å². The summed E-state index contributed by atoms with van der Waals surface area (Å²) in [6.07, 6.45) is -3.47. The van der Waals surface area contributed by atoms with Crippen LogP contribution < -0.4 is 4.72 Å². The van der Waals surface area contributed by atoms with Gasteiger partial charge < -0.3 is 4.57 Å². The molecule has 0 radical (unpaired) electrons. The first-order valence-electron chi connectivity index (χ1n) is 8.80. The molecule has 0 saturated carbocycles. The van der Waals surface area contributed by atoms with Gasteiger partial charge in [-0.15, -0.1) is 0 Å². The highest BCUT2D eigenvalue weighted by molar-refractivity contribution is 7.89. The zero-order valence-corrected chi connectivity index (χ0v) is 16.8. The maximum absolute atomic E-state index is 13.7.